The Morgan fingerprint density at radius 1 is 1.08 bits per heavy atom. The zero-order chi connectivity index (χ0) is 17.2. The van der Waals surface area contributed by atoms with Crippen LogP contribution < -0.4 is 5.73 Å². The fourth-order valence-corrected chi connectivity index (χ4v) is 3.77. The van der Waals surface area contributed by atoms with Gasteiger partial charge >= 0.3 is 0 Å². The maximum Gasteiger partial charge on any atom is 0.116 e. The number of fused-ring (bicyclic) bond motifs is 2. The Hall–Kier alpha value is -1.37. The summed E-state index contributed by atoms with van der Waals surface area (Å²) in [5.41, 5.74) is 9.48. The summed E-state index contributed by atoms with van der Waals surface area (Å²) >= 11 is 2.29. The van der Waals surface area contributed by atoms with E-state index in [1.54, 1.807) is 0 Å². The number of halogens is 1. The molecule has 2 aromatic rings. The highest BCUT2D eigenvalue weighted by Crippen LogP contribution is 2.42. The average Bonchev–Trinajstić information content (AvgIpc) is 2.68. The number of benzene rings is 2. The van der Waals surface area contributed by atoms with Gasteiger partial charge in [-0.05, 0) is 88.9 Å². The van der Waals surface area contributed by atoms with Crippen LogP contribution in [-0.4, -0.2) is 18.3 Å². The Labute approximate surface area is 156 Å². The van der Waals surface area contributed by atoms with E-state index in [4.69, 9.17) is 10.5 Å². The van der Waals surface area contributed by atoms with Gasteiger partial charge in [0.15, 0.2) is 0 Å². The van der Waals surface area contributed by atoms with Gasteiger partial charge in [0.05, 0.1) is 0 Å². The molecule has 0 radical (unpaired) electrons. The largest absolute Gasteiger partial charge is 0.399 e. The lowest BCUT2D eigenvalue weighted by Crippen LogP contribution is -2.29. The molecule has 0 saturated carbocycles. The van der Waals surface area contributed by atoms with Crippen LogP contribution in [-0.2, 0) is 10.3 Å². The van der Waals surface area contributed by atoms with E-state index in [0.29, 0.717) is 25.3 Å². The van der Waals surface area contributed by atoms with Crippen molar-refractivity contribution in [2.45, 2.75) is 25.4 Å². The standard InChI is InChI=1S/C20H22INO2/c1-2-24-11-3-10-20(23)18-12-16(21)8-6-14(18)4-5-15-7-9-17(22)13-19(15)20/h4-9,12-13,23H,2-3,10-11,22H2,1H3. The van der Waals surface area contributed by atoms with E-state index in [0.717, 1.165) is 32.2 Å². The van der Waals surface area contributed by atoms with Crippen LogP contribution in [0.25, 0.3) is 12.2 Å². The summed E-state index contributed by atoms with van der Waals surface area (Å²) in [7, 11) is 0. The first-order valence-electron chi connectivity index (χ1n) is 8.23. The van der Waals surface area contributed by atoms with Gasteiger partial charge in [0, 0.05) is 22.5 Å². The van der Waals surface area contributed by atoms with E-state index in [2.05, 4.69) is 52.9 Å². The summed E-state index contributed by atoms with van der Waals surface area (Å²) in [6, 6.07) is 12.0. The first-order valence-corrected chi connectivity index (χ1v) is 9.30. The minimum Gasteiger partial charge on any atom is -0.399 e. The van der Waals surface area contributed by atoms with Gasteiger partial charge < -0.3 is 15.6 Å². The van der Waals surface area contributed by atoms with Crippen LogP contribution in [0, 0.1) is 3.57 Å². The zero-order valence-corrected chi connectivity index (χ0v) is 15.9. The molecule has 24 heavy (non-hydrogen) atoms. The van der Waals surface area contributed by atoms with Crippen LogP contribution in [0.1, 0.15) is 42.0 Å². The summed E-state index contributed by atoms with van der Waals surface area (Å²) in [4.78, 5) is 0. The van der Waals surface area contributed by atoms with Crippen LogP contribution in [0.5, 0.6) is 0 Å². The lowest BCUT2D eigenvalue weighted by atomic mass is 9.80. The number of hydrogen-bond donors (Lipinski definition) is 2. The number of hydrogen-bond acceptors (Lipinski definition) is 3. The highest BCUT2D eigenvalue weighted by Gasteiger charge is 2.36. The quantitative estimate of drug-likeness (QED) is 0.416. The van der Waals surface area contributed by atoms with Crippen molar-refractivity contribution in [1.29, 1.82) is 0 Å². The van der Waals surface area contributed by atoms with Crippen molar-refractivity contribution < 1.29 is 9.84 Å². The third-order valence-corrected chi connectivity index (χ3v) is 5.13. The molecule has 126 valence electrons. The minimum absolute atomic E-state index is 0.595. The smallest absolute Gasteiger partial charge is 0.116 e. The fraction of sp³-hybridized carbons (Fsp3) is 0.300. The molecule has 1 unspecified atom stereocenters. The maximum absolute atomic E-state index is 11.7. The molecule has 0 bridgehead atoms. The predicted octanol–water partition coefficient (Wildman–Crippen LogP) is 4.41. The summed E-state index contributed by atoms with van der Waals surface area (Å²) in [6.07, 6.45) is 5.50. The molecule has 0 aliphatic heterocycles. The molecule has 2 aromatic carbocycles. The van der Waals surface area contributed by atoms with Gasteiger partial charge in [0.25, 0.3) is 0 Å². The molecular weight excluding hydrogens is 413 g/mol. The zero-order valence-electron chi connectivity index (χ0n) is 13.8. The van der Waals surface area contributed by atoms with Crippen LogP contribution >= 0.6 is 22.6 Å². The molecule has 1 atom stereocenters. The Morgan fingerprint density at radius 3 is 2.46 bits per heavy atom. The second-order valence-electron chi connectivity index (χ2n) is 6.07. The van der Waals surface area contributed by atoms with E-state index in [1.807, 2.05) is 25.1 Å². The lowest BCUT2D eigenvalue weighted by Gasteiger charge is -2.31. The molecule has 0 spiro atoms. The van der Waals surface area contributed by atoms with E-state index in [-0.39, 0.29) is 0 Å². The third kappa shape index (κ3) is 3.36. The molecule has 4 heteroatoms. The van der Waals surface area contributed by atoms with Gasteiger partial charge in [0.2, 0.25) is 0 Å². The van der Waals surface area contributed by atoms with Gasteiger partial charge in [0.1, 0.15) is 5.60 Å². The number of nitrogens with two attached hydrogens (primary N) is 1. The van der Waals surface area contributed by atoms with E-state index >= 15 is 0 Å². The van der Waals surface area contributed by atoms with Crippen molar-refractivity contribution in [2.75, 3.05) is 18.9 Å². The van der Waals surface area contributed by atoms with Gasteiger partial charge in [-0.25, -0.2) is 0 Å². The van der Waals surface area contributed by atoms with Gasteiger partial charge in [-0.3, -0.25) is 0 Å². The van der Waals surface area contributed by atoms with Crippen molar-refractivity contribution in [2.24, 2.45) is 0 Å². The summed E-state index contributed by atoms with van der Waals surface area (Å²) in [5.74, 6) is 0. The van der Waals surface area contributed by atoms with Crippen molar-refractivity contribution in [3.05, 3.63) is 62.2 Å². The number of aliphatic hydroxyl groups is 1. The Morgan fingerprint density at radius 2 is 1.75 bits per heavy atom. The Bertz CT molecular complexity index is 715. The van der Waals surface area contributed by atoms with Gasteiger partial charge in [-0.2, -0.15) is 0 Å². The van der Waals surface area contributed by atoms with Crippen LogP contribution in [0.15, 0.2) is 36.4 Å². The fourth-order valence-electron chi connectivity index (χ4n) is 3.28. The summed E-state index contributed by atoms with van der Waals surface area (Å²) in [5, 5.41) is 11.7. The minimum atomic E-state index is -1.07. The van der Waals surface area contributed by atoms with Crippen molar-refractivity contribution in [3.63, 3.8) is 0 Å². The average molecular weight is 435 g/mol. The number of rotatable bonds is 5. The van der Waals surface area contributed by atoms with Gasteiger partial charge in [-0.15, -0.1) is 0 Å². The van der Waals surface area contributed by atoms with Crippen molar-refractivity contribution >= 4 is 40.4 Å². The summed E-state index contributed by atoms with van der Waals surface area (Å²) in [6.45, 7) is 3.32. The molecule has 0 fully saturated rings. The van der Waals surface area contributed by atoms with Crippen molar-refractivity contribution in [3.8, 4) is 0 Å². The topological polar surface area (TPSA) is 55.5 Å². The number of ether oxygens (including phenoxy) is 1. The molecule has 3 nitrogen and oxygen atoms in total. The first kappa shape index (κ1) is 17.5. The second kappa shape index (κ2) is 7.25. The molecule has 0 aromatic heterocycles. The molecule has 0 amide bonds. The van der Waals surface area contributed by atoms with E-state index in [1.165, 1.54) is 0 Å². The predicted molar refractivity (Wildman–Crippen MR) is 108 cm³/mol. The van der Waals surface area contributed by atoms with E-state index < -0.39 is 5.60 Å². The SMILES string of the molecule is CCOCCCC1(O)c2cc(N)ccc2C=Cc2ccc(I)cc21. The second-order valence-corrected chi connectivity index (χ2v) is 7.32. The number of anilines is 1. The van der Waals surface area contributed by atoms with Crippen LogP contribution in [0.3, 0.4) is 0 Å². The van der Waals surface area contributed by atoms with Crippen LogP contribution in [0.2, 0.25) is 0 Å². The van der Waals surface area contributed by atoms with Gasteiger partial charge in [-0.1, -0.05) is 24.3 Å². The molecule has 3 rings (SSSR count). The molecule has 0 saturated heterocycles. The number of nitrogen functional groups attached to an aromatic ring is 1. The van der Waals surface area contributed by atoms with Crippen molar-refractivity contribution in [1.82, 2.24) is 0 Å². The third-order valence-electron chi connectivity index (χ3n) is 4.46. The Balaban J connectivity index is 2.12. The van der Waals surface area contributed by atoms with Crippen LogP contribution in [0.4, 0.5) is 5.69 Å². The molecule has 0 heterocycles. The maximum atomic E-state index is 11.7. The molecule has 1 aliphatic carbocycles. The highest BCUT2D eigenvalue weighted by atomic mass is 127. The highest BCUT2D eigenvalue weighted by molar-refractivity contribution is 14.1. The molecule has 3 N–H and O–H groups in total. The van der Waals surface area contributed by atoms with E-state index in [9.17, 15) is 5.11 Å². The monoisotopic (exact) mass is 435 g/mol. The summed E-state index contributed by atoms with van der Waals surface area (Å²) < 4.78 is 6.58. The molecule has 1 aliphatic rings. The molecular formula is C20H22INO2. The normalized spacial score (nSPS) is 18.8. The lowest BCUT2D eigenvalue weighted by molar-refractivity contribution is 0.0534. The first-order chi connectivity index (χ1) is 11.5. The Kier molecular flexibility index (Phi) is 5.27.